The molecule has 31 nitrogen and oxygen atoms in total. The number of ether oxygens (including phenoxy) is 12. The van der Waals surface area contributed by atoms with Crippen molar-refractivity contribution < 1.29 is 206 Å². The number of allylic oxidation sites excluding steroid dienone is 2. The first-order valence-corrected chi connectivity index (χ1v) is 31.8. The van der Waals surface area contributed by atoms with Crippen LogP contribution in [0, 0.1) is 39.4 Å². The number of hydrogen-bond acceptors (Lipinski definition) is 31. The third kappa shape index (κ3) is 13.6. The van der Waals surface area contributed by atoms with Crippen LogP contribution in [0.1, 0.15) is 80.1 Å². The maximum absolute atomic E-state index is 13.9. The van der Waals surface area contributed by atoms with Crippen molar-refractivity contribution in [1.29, 1.82) is 0 Å². The molecule has 9 fully saturated rings. The van der Waals surface area contributed by atoms with E-state index in [1.807, 2.05) is 20.8 Å². The van der Waals surface area contributed by atoms with Crippen LogP contribution in [0.4, 0.5) is 0 Å². The number of aliphatic hydroxyl groups excluding tert-OH is 10. The SMILES string of the molecule is C=C(C)[C@H]1[C@@H]2C[C@@]3(C)C4=CC[C@H]5C(C)(C)[C@@H](O[C@@H]6OC[C@@H](OS(=O)(=O)[O-])[C@H](O)[C@H]6O[C@@H]6O[C@H](C)[C@@H](O[C@@H]7O[C@H](COS(=O)(=O)[O-])[C@@H](O)[C@H](O[C@@H]8OC[C@@H](O)[C@H](OC)[C@H]8O)[C@H]7O)[C@H](O)[C@H]6O[C@@H]6O[C@H](CO)[C@@H](O)[C@H](O)[C@H]6O)CC[C@]5(C)[C@@H]4CC[C@]13C(=O)O2.[Na+].[Na+]. The van der Waals surface area contributed by atoms with Crippen molar-refractivity contribution in [2.75, 3.05) is 33.5 Å². The Bertz CT molecular complexity index is 2770. The van der Waals surface area contributed by atoms with Gasteiger partial charge in [-0.05, 0) is 75.0 Å². The molecule has 0 radical (unpaired) electrons. The van der Waals surface area contributed by atoms with Crippen LogP contribution in [0.15, 0.2) is 23.8 Å². The summed E-state index contributed by atoms with van der Waals surface area (Å²) in [5, 5.41) is 112. The molecule has 0 aromatic carbocycles. The van der Waals surface area contributed by atoms with Crippen LogP contribution in [0.2, 0.25) is 0 Å². The fraction of sp³-hybridized carbons (Fsp3) is 0.907. The predicted octanol–water partition coefficient (Wildman–Crippen LogP) is -9.90. The molecule has 0 aromatic rings. The van der Waals surface area contributed by atoms with Crippen molar-refractivity contribution in [3.05, 3.63) is 23.8 Å². The molecular formula is C54H82Na2O31S2. The van der Waals surface area contributed by atoms with Gasteiger partial charge in [-0.15, -0.1) is 0 Å². The number of carbonyl (C=O) groups is 1. The number of rotatable bonds is 18. The van der Waals surface area contributed by atoms with Gasteiger partial charge in [0, 0.05) is 18.4 Å². The molecule has 10 aliphatic rings. The maximum Gasteiger partial charge on any atom is 1.00 e. The normalized spacial score (nSPS) is 49.6. The molecule has 35 heteroatoms. The van der Waals surface area contributed by atoms with Crippen LogP contribution < -0.4 is 59.1 Å². The minimum absolute atomic E-state index is 0. The van der Waals surface area contributed by atoms with Gasteiger partial charge in [0.25, 0.3) is 0 Å². The molecule has 0 unspecified atom stereocenters. The van der Waals surface area contributed by atoms with Gasteiger partial charge < -0.3 is 117 Å². The molecule has 10 rings (SSSR count). The first-order valence-electron chi connectivity index (χ1n) is 29.2. The van der Waals surface area contributed by atoms with Crippen LogP contribution in [-0.2, 0) is 90.8 Å². The number of esters is 1. The fourth-order valence-corrected chi connectivity index (χ4v) is 17.3. The molecule has 4 aliphatic carbocycles. The Labute approximate surface area is 559 Å². The van der Waals surface area contributed by atoms with E-state index in [0.717, 1.165) is 19.1 Å². The Morgan fingerprint density at radius 1 is 0.685 bits per heavy atom. The van der Waals surface area contributed by atoms with Crippen LogP contribution in [0.3, 0.4) is 0 Å². The molecule has 6 aliphatic heterocycles. The molecule has 10 N–H and O–H groups in total. The number of methoxy groups -OCH3 is 1. The molecular weight excluding hydrogens is 1250 g/mol. The van der Waals surface area contributed by atoms with Gasteiger partial charge in [0.2, 0.25) is 20.8 Å². The van der Waals surface area contributed by atoms with Gasteiger partial charge in [0.1, 0.15) is 110 Å². The van der Waals surface area contributed by atoms with Crippen molar-refractivity contribution in [1.82, 2.24) is 0 Å². The predicted molar refractivity (Wildman–Crippen MR) is 281 cm³/mol. The summed E-state index contributed by atoms with van der Waals surface area (Å²) in [5.41, 5.74) is -0.0366. The summed E-state index contributed by atoms with van der Waals surface area (Å²) in [4.78, 5) is 13.9. The van der Waals surface area contributed by atoms with E-state index in [1.54, 1.807) is 0 Å². The summed E-state index contributed by atoms with van der Waals surface area (Å²) in [6, 6.07) is 0. The van der Waals surface area contributed by atoms with Gasteiger partial charge in [-0.3, -0.25) is 13.2 Å². The molecule has 31 atom stereocenters. The number of hydrogen-bond donors (Lipinski definition) is 10. The van der Waals surface area contributed by atoms with E-state index in [1.165, 1.54) is 12.5 Å². The van der Waals surface area contributed by atoms with Gasteiger partial charge >= 0.3 is 65.1 Å². The Kier molecular flexibility index (Phi) is 23.5. The van der Waals surface area contributed by atoms with Gasteiger partial charge in [-0.2, -0.15) is 0 Å². The summed E-state index contributed by atoms with van der Waals surface area (Å²) in [6.07, 6.45) is -39.0. The summed E-state index contributed by atoms with van der Waals surface area (Å²) < 4.78 is 152. The zero-order valence-electron chi connectivity index (χ0n) is 50.9. The van der Waals surface area contributed by atoms with Gasteiger partial charge in [0.15, 0.2) is 31.5 Å². The molecule has 3 saturated carbocycles. The monoisotopic (exact) mass is 1340 g/mol. The standard InChI is InChI=1S/C54H84O31S2.2Na/c1-20(2)31-25-15-53(7)23-9-10-29-51(4,5)30(12-13-52(29,6)22(23)11-14-54(31,53)50(65)79-25)80-48-43(34(59)28(18-74-48)85-87(69,70)71)84-49-44(83-46-36(61)35(60)32(57)26(16-55)77-46)37(62)40(21(3)76-49)81-47-39(64)42(33(58)27(78-47)19-75-86(66,67)68)82-45-38(63)41(72-8)24(56)17-73-45;;/h9,21-22,24-49,55-64H,1,10-19H2,2-8H3,(H,66,67,68)(H,69,70,71);;/q;2*+1/p-2/t21-,22-,24-,25+,26-,27-,28-,29+,30+,31+,32-,33-,34+,35+,36-,37+,38-,39-,40-,41+,42+,43-,44-,45+,46+,47+,48+,49+,52-,53+,54-;;/m1../s1. The summed E-state index contributed by atoms with van der Waals surface area (Å²) in [5.74, 6) is -0.250. The number of fused-ring (bicyclic) bond motifs is 5. The van der Waals surface area contributed by atoms with E-state index in [4.69, 9.17) is 61.0 Å². The third-order valence-electron chi connectivity index (χ3n) is 20.8. The number of carbonyl (C=O) groups excluding carboxylic acids is 1. The second-order valence-electron chi connectivity index (χ2n) is 26.0. The fourth-order valence-electron chi connectivity index (χ4n) is 16.5. The molecule has 2 bridgehead atoms. The second kappa shape index (κ2) is 28.0. The van der Waals surface area contributed by atoms with E-state index >= 15 is 0 Å². The minimum Gasteiger partial charge on any atom is -0.726 e. The molecule has 0 aromatic heterocycles. The molecule has 498 valence electrons. The van der Waals surface area contributed by atoms with E-state index in [2.05, 4.69) is 30.7 Å². The maximum atomic E-state index is 13.9. The van der Waals surface area contributed by atoms with Crippen LogP contribution in [-0.4, -0.2) is 270 Å². The first kappa shape index (κ1) is 74.6. The first-order chi connectivity index (χ1) is 40.6. The Hall–Kier alpha value is -0.150. The quantitative estimate of drug-likeness (QED) is 0.0200. The Morgan fingerprint density at radius 3 is 1.93 bits per heavy atom. The van der Waals surface area contributed by atoms with E-state index in [-0.39, 0.29) is 94.4 Å². The van der Waals surface area contributed by atoms with Crippen molar-refractivity contribution in [2.45, 2.75) is 234 Å². The van der Waals surface area contributed by atoms with Crippen molar-refractivity contribution >= 4 is 26.8 Å². The van der Waals surface area contributed by atoms with Crippen molar-refractivity contribution in [3.63, 3.8) is 0 Å². The van der Waals surface area contributed by atoms with E-state index in [0.29, 0.717) is 32.1 Å². The van der Waals surface area contributed by atoms with Crippen LogP contribution in [0.5, 0.6) is 0 Å². The third-order valence-corrected chi connectivity index (χ3v) is 21.7. The van der Waals surface area contributed by atoms with Gasteiger partial charge in [-0.25, -0.2) is 16.8 Å². The zero-order valence-corrected chi connectivity index (χ0v) is 56.5. The van der Waals surface area contributed by atoms with Crippen molar-refractivity contribution in [3.8, 4) is 0 Å². The zero-order chi connectivity index (χ0) is 63.6. The molecule has 89 heavy (non-hydrogen) atoms. The number of aliphatic hydroxyl groups is 10. The van der Waals surface area contributed by atoms with E-state index < -0.39 is 211 Å². The summed E-state index contributed by atoms with van der Waals surface area (Å²) >= 11 is 0. The molecule has 6 heterocycles. The van der Waals surface area contributed by atoms with Gasteiger partial charge in [-0.1, -0.05) is 51.5 Å². The molecule has 1 spiro atoms. The average Bonchev–Trinajstić information content (AvgIpc) is 1.55. The smallest absolute Gasteiger partial charge is 0.726 e. The van der Waals surface area contributed by atoms with Gasteiger partial charge in [0.05, 0.1) is 44.1 Å². The summed E-state index contributed by atoms with van der Waals surface area (Å²) in [7, 11) is -9.88. The van der Waals surface area contributed by atoms with Crippen molar-refractivity contribution in [2.24, 2.45) is 39.4 Å². The Balaban J connectivity index is 0.00000512. The molecule has 0 amide bonds. The minimum atomic E-state index is -5.56. The van der Waals surface area contributed by atoms with E-state index in [9.17, 15) is 81.8 Å². The average molecular weight is 1340 g/mol. The Morgan fingerprint density at radius 2 is 1.29 bits per heavy atom. The second-order valence-corrected chi connectivity index (χ2v) is 28.1. The van der Waals surface area contributed by atoms with Crippen LogP contribution >= 0.6 is 0 Å². The largest absolute Gasteiger partial charge is 1.00 e. The topological polar surface area (TPSA) is 463 Å². The summed E-state index contributed by atoms with van der Waals surface area (Å²) in [6.45, 7) is 12.6. The van der Waals surface area contributed by atoms with Crippen LogP contribution in [0.25, 0.3) is 0 Å². The molecule has 6 saturated heterocycles.